The van der Waals surface area contributed by atoms with Crippen LogP contribution in [0.2, 0.25) is 0 Å². The number of rotatable bonds is 5. The summed E-state index contributed by atoms with van der Waals surface area (Å²) < 4.78 is 0. The van der Waals surface area contributed by atoms with Gasteiger partial charge in [-0.3, -0.25) is 0 Å². The summed E-state index contributed by atoms with van der Waals surface area (Å²) in [6.45, 7) is 2.97. The van der Waals surface area contributed by atoms with Gasteiger partial charge < -0.3 is 5.32 Å². The molecule has 1 saturated carbocycles. The summed E-state index contributed by atoms with van der Waals surface area (Å²) in [5, 5.41) is 6.40. The van der Waals surface area contributed by atoms with Gasteiger partial charge >= 0.3 is 0 Å². The highest BCUT2D eigenvalue weighted by Crippen LogP contribution is 2.38. The predicted octanol–water partition coefficient (Wildman–Crippen LogP) is 2.83. The molecule has 1 aliphatic rings. The van der Waals surface area contributed by atoms with Crippen molar-refractivity contribution in [3.63, 3.8) is 0 Å². The quantitative estimate of drug-likeness (QED) is 0.898. The molecule has 3 rings (SSSR count). The van der Waals surface area contributed by atoms with Crippen molar-refractivity contribution in [2.75, 3.05) is 11.9 Å². The molecule has 2 aromatic rings. The molecule has 0 aromatic carbocycles. The van der Waals surface area contributed by atoms with E-state index in [2.05, 4.69) is 27.2 Å². The second kappa shape index (κ2) is 5.02. The molecule has 18 heavy (non-hydrogen) atoms. The van der Waals surface area contributed by atoms with E-state index in [1.54, 1.807) is 11.3 Å². The highest BCUT2D eigenvalue weighted by molar-refractivity contribution is 7.09. The van der Waals surface area contributed by atoms with Crippen molar-refractivity contribution in [2.45, 2.75) is 32.1 Å². The Hall–Kier alpha value is -1.49. The maximum absolute atomic E-state index is 4.67. The fraction of sp³-hybridized carbons (Fsp3) is 0.462. The molecule has 2 aromatic heterocycles. The molecular formula is C13H16N4S. The molecule has 1 fully saturated rings. The Balaban J connectivity index is 1.87. The SMILES string of the molecule is CCNc1cc(Cc2nccs2)nc(C2CC2)n1. The van der Waals surface area contributed by atoms with Crippen molar-refractivity contribution in [1.29, 1.82) is 0 Å². The molecule has 0 atom stereocenters. The first-order chi connectivity index (χ1) is 8.85. The molecule has 0 aliphatic heterocycles. The molecular weight excluding hydrogens is 244 g/mol. The predicted molar refractivity (Wildman–Crippen MR) is 73.1 cm³/mol. The van der Waals surface area contributed by atoms with Crippen LogP contribution in [-0.2, 0) is 6.42 Å². The van der Waals surface area contributed by atoms with Crippen molar-refractivity contribution < 1.29 is 0 Å². The summed E-state index contributed by atoms with van der Waals surface area (Å²) in [5.41, 5.74) is 1.07. The van der Waals surface area contributed by atoms with Gasteiger partial charge in [-0.1, -0.05) is 0 Å². The molecule has 2 heterocycles. The summed E-state index contributed by atoms with van der Waals surface area (Å²) in [6.07, 6.45) is 5.10. The van der Waals surface area contributed by atoms with E-state index in [0.717, 1.165) is 35.3 Å². The number of aromatic nitrogens is 3. The Labute approximate surface area is 111 Å². The van der Waals surface area contributed by atoms with Crippen LogP contribution in [0.5, 0.6) is 0 Å². The Bertz CT molecular complexity index is 520. The number of nitrogens with one attached hydrogen (secondary N) is 1. The van der Waals surface area contributed by atoms with Crippen molar-refractivity contribution in [1.82, 2.24) is 15.0 Å². The van der Waals surface area contributed by atoms with Crippen LogP contribution in [0.4, 0.5) is 5.82 Å². The van der Waals surface area contributed by atoms with Gasteiger partial charge in [0.05, 0.1) is 10.7 Å². The zero-order chi connectivity index (χ0) is 12.4. The lowest BCUT2D eigenvalue weighted by molar-refractivity contribution is 0.883. The molecule has 0 bridgehead atoms. The molecule has 0 spiro atoms. The van der Waals surface area contributed by atoms with Gasteiger partial charge in [0.1, 0.15) is 11.6 Å². The van der Waals surface area contributed by atoms with Gasteiger partial charge in [-0.2, -0.15) is 0 Å². The lowest BCUT2D eigenvalue weighted by atomic mass is 10.2. The average Bonchev–Trinajstić information content (AvgIpc) is 3.09. The number of thiazole rings is 1. The number of anilines is 1. The number of nitrogens with zero attached hydrogens (tertiary/aromatic N) is 3. The Morgan fingerprint density at radius 1 is 1.39 bits per heavy atom. The molecule has 0 saturated heterocycles. The van der Waals surface area contributed by atoms with E-state index < -0.39 is 0 Å². The summed E-state index contributed by atoms with van der Waals surface area (Å²) in [4.78, 5) is 13.6. The average molecular weight is 260 g/mol. The van der Waals surface area contributed by atoms with Crippen LogP contribution in [0.25, 0.3) is 0 Å². The highest BCUT2D eigenvalue weighted by atomic mass is 32.1. The standard InChI is InChI=1S/C13H16N4S/c1-2-14-11-7-10(8-12-15-5-6-18-12)16-13(17-11)9-3-4-9/h5-7,9H,2-4,8H2,1H3,(H,14,16,17). The molecule has 0 unspecified atom stereocenters. The maximum Gasteiger partial charge on any atom is 0.134 e. The summed E-state index contributed by atoms with van der Waals surface area (Å²) in [5.74, 6) is 2.53. The topological polar surface area (TPSA) is 50.7 Å². The van der Waals surface area contributed by atoms with Gasteiger partial charge in [-0.25, -0.2) is 15.0 Å². The minimum absolute atomic E-state index is 0.582. The van der Waals surface area contributed by atoms with Crippen LogP contribution in [0.15, 0.2) is 17.6 Å². The first-order valence-corrected chi connectivity index (χ1v) is 7.23. The van der Waals surface area contributed by atoms with Crippen LogP contribution < -0.4 is 5.32 Å². The minimum atomic E-state index is 0.582. The second-order valence-electron chi connectivity index (χ2n) is 4.51. The minimum Gasteiger partial charge on any atom is -0.370 e. The van der Waals surface area contributed by atoms with E-state index in [-0.39, 0.29) is 0 Å². The summed E-state index contributed by atoms with van der Waals surface area (Å²) in [6, 6.07) is 2.04. The van der Waals surface area contributed by atoms with Crippen LogP contribution in [-0.4, -0.2) is 21.5 Å². The summed E-state index contributed by atoms with van der Waals surface area (Å²) >= 11 is 1.67. The highest BCUT2D eigenvalue weighted by Gasteiger charge is 2.27. The Morgan fingerprint density at radius 2 is 2.28 bits per heavy atom. The van der Waals surface area contributed by atoms with E-state index >= 15 is 0 Å². The smallest absolute Gasteiger partial charge is 0.134 e. The summed E-state index contributed by atoms with van der Waals surface area (Å²) in [7, 11) is 0. The van der Waals surface area contributed by atoms with Crippen LogP contribution in [0, 0.1) is 0 Å². The maximum atomic E-state index is 4.67. The van der Waals surface area contributed by atoms with Crippen molar-refractivity contribution in [3.05, 3.63) is 34.2 Å². The zero-order valence-electron chi connectivity index (χ0n) is 10.4. The Kier molecular flexibility index (Phi) is 3.23. The molecule has 5 heteroatoms. The first-order valence-electron chi connectivity index (χ1n) is 6.35. The molecule has 1 aliphatic carbocycles. The van der Waals surface area contributed by atoms with Gasteiger partial charge in [0.25, 0.3) is 0 Å². The van der Waals surface area contributed by atoms with Gasteiger partial charge in [0, 0.05) is 36.5 Å². The number of hydrogen-bond donors (Lipinski definition) is 1. The lowest BCUT2D eigenvalue weighted by Gasteiger charge is -2.07. The van der Waals surface area contributed by atoms with Crippen LogP contribution in [0.3, 0.4) is 0 Å². The third kappa shape index (κ3) is 2.67. The van der Waals surface area contributed by atoms with Crippen LogP contribution in [0.1, 0.15) is 42.2 Å². The van der Waals surface area contributed by atoms with Gasteiger partial charge in [0.15, 0.2) is 0 Å². The van der Waals surface area contributed by atoms with Crippen molar-refractivity contribution >= 4 is 17.2 Å². The third-order valence-electron chi connectivity index (χ3n) is 2.91. The molecule has 0 radical (unpaired) electrons. The van der Waals surface area contributed by atoms with Crippen LogP contribution >= 0.6 is 11.3 Å². The Morgan fingerprint density at radius 3 is 2.94 bits per heavy atom. The molecule has 1 N–H and O–H groups in total. The van der Waals surface area contributed by atoms with Crippen molar-refractivity contribution in [2.24, 2.45) is 0 Å². The van der Waals surface area contributed by atoms with Gasteiger partial charge in [-0.15, -0.1) is 11.3 Å². The van der Waals surface area contributed by atoms with Gasteiger partial charge in [-0.05, 0) is 19.8 Å². The molecule has 4 nitrogen and oxygen atoms in total. The van der Waals surface area contributed by atoms with E-state index in [9.17, 15) is 0 Å². The largest absolute Gasteiger partial charge is 0.370 e. The van der Waals surface area contributed by atoms with E-state index in [0.29, 0.717) is 5.92 Å². The lowest BCUT2D eigenvalue weighted by Crippen LogP contribution is -2.06. The fourth-order valence-electron chi connectivity index (χ4n) is 1.90. The molecule has 0 amide bonds. The normalized spacial score (nSPS) is 14.7. The van der Waals surface area contributed by atoms with Crippen molar-refractivity contribution in [3.8, 4) is 0 Å². The fourth-order valence-corrected chi connectivity index (χ4v) is 2.53. The first kappa shape index (κ1) is 11.6. The van der Waals surface area contributed by atoms with E-state index in [1.165, 1.54) is 12.8 Å². The second-order valence-corrected chi connectivity index (χ2v) is 5.49. The monoisotopic (exact) mass is 260 g/mol. The van der Waals surface area contributed by atoms with E-state index in [4.69, 9.17) is 0 Å². The zero-order valence-corrected chi connectivity index (χ0v) is 11.2. The van der Waals surface area contributed by atoms with Gasteiger partial charge in [0.2, 0.25) is 0 Å². The number of hydrogen-bond acceptors (Lipinski definition) is 5. The third-order valence-corrected chi connectivity index (χ3v) is 3.69. The molecule has 94 valence electrons. The van der Waals surface area contributed by atoms with E-state index in [1.807, 2.05) is 17.6 Å².